The zero-order valence-corrected chi connectivity index (χ0v) is 70.5. The number of para-hydroxylation sites is 1. The van der Waals surface area contributed by atoms with Crippen molar-refractivity contribution in [1.82, 2.24) is 48.9 Å². The molecule has 0 atom stereocenters. The molecule has 0 spiro atoms. The number of morpholine rings is 1. The number of hydrogen-bond donors (Lipinski definition) is 5. The molecule has 0 radical (unpaired) electrons. The molecule has 25 nitrogen and oxygen atoms in total. The Bertz CT molecular complexity index is 6070. The summed E-state index contributed by atoms with van der Waals surface area (Å²) in [5.41, 5.74) is 16.1. The lowest BCUT2D eigenvalue weighted by Crippen LogP contribution is -2.36. The third-order valence-corrected chi connectivity index (χ3v) is 22.3. The molecule has 654 valence electrons. The summed E-state index contributed by atoms with van der Waals surface area (Å²) in [6, 6.07) is 56.8. The first-order valence-electron chi connectivity index (χ1n) is 41.4. The first-order valence-corrected chi connectivity index (χ1v) is 41.4. The SMILES string of the molecule is COc1cc(-c2cnn(-c3ccc(N4CCCC4)cc3)c2)cc(F)c1O.COc1cc(-c2cnn(-c3ccc(N4CCCCC4)cc3)c2)cc(F)c1O.COc1cc(-c2cnn(-c3ccc(N4CCOCC4)cc3)c2)cc(F)c1O.COc1cc(-c2cnn(-c3cccc(N4CCCC4)c3)c2)cc(F)c1O.COc1cc(-c2cnn(-c3ccccc3)c2)cc(F)c1O. The fourth-order valence-corrected chi connectivity index (χ4v) is 15.3. The summed E-state index contributed by atoms with van der Waals surface area (Å²) in [5, 5.41) is 70.0. The normalized spacial score (nSPS) is 13.6. The highest BCUT2D eigenvalue weighted by atomic mass is 19.1. The molecule has 0 unspecified atom stereocenters. The Morgan fingerprint density at radius 2 is 0.472 bits per heavy atom. The van der Waals surface area contributed by atoms with Crippen molar-refractivity contribution < 1.29 is 75.9 Å². The molecular formula is C97H95F5N14O11. The molecule has 10 aromatic carbocycles. The lowest BCUT2D eigenvalue weighted by atomic mass is 10.1. The largest absolute Gasteiger partial charge is 0.502 e. The van der Waals surface area contributed by atoms with E-state index in [1.807, 2.05) is 104 Å². The topological polar surface area (TPSA) is 259 Å². The second-order valence-electron chi connectivity index (χ2n) is 30.4. The third kappa shape index (κ3) is 20.5. The fraction of sp³-hybridized carbons (Fsp3) is 0.227. The highest BCUT2D eigenvalue weighted by Gasteiger charge is 2.23. The van der Waals surface area contributed by atoms with E-state index < -0.39 is 57.8 Å². The smallest absolute Gasteiger partial charge is 0.194 e. The lowest BCUT2D eigenvalue weighted by molar-refractivity contribution is 0.122. The molecule has 19 rings (SSSR count). The molecule has 4 fully saturated rings. The molecule has 9 heterocycles. The highest BCUT2D eigenvalue weighted by Crippen LogP contribution is 2.41. The van der Waals surface area contributed by atoms with E-state index in [9.17, 15) is 47.5 Å². The fourth-order valence-electron chi connectivity index (χ4n) is 15.3. The van der Waals surface area contributed by atoms with E-state index in [4.69, 9.17) is 28.4 Å². The Labute approximate surface area is 730 Å². The van der Waals surface area contributed by atoms with Crippen LogP contribution in [0.25, 0.3) is 84.1 Å². The summed E-state index contributed by atoms with van der Waals surface area (Å²) in [6.45, 7) is 9.88. The summed E-state index contributed by atoms with van der Waals surface area (Å²) in [6.07, 6.45) is 26.2. The van der Waals surface area contributed by atoms with Gasteiger partial charge in [0.05, 0.1) is 108 Å². The number of aromatic hydroxyl groups is 5. The van der Waals surface area contributed by atoms with Crippen molar-refractivity contribution in [2.75, 3.05) is 121 Å². The van der Waals surface area contributed by atoms with E-state index in [1.54, 1.807) is 90.9 Å². The monoisotopic (exact) mass is 1730 g/mol. The molecule has 4 saturated heterocycles. The number of hydrogen-bond acceptors (Lipinski definition) is 20. The quantitative estimate of drug-likeness (QED) is 0.0471. The summed E-state index contributed by atoms with van der Waals surface area (Å²) >= 11 is 0. The summed E-state index contributed by atoms with van der Waals surface area (Å²) in [4.78, 5) is 9.44. The number of phenols is 5. The third-order valence-electron chi connectivity index (χ3n) is 22.3. The first-order chi connectivity index (χ1) is 61.8. The number of nitrogens with zero attached hydrogens (tertiary/aromatic N) is 14. The standard InChI is InChI=1S/C21H22FN3O2.C20H20FN3O3.2C20H20FN3O2.C16H13FN2O2/c1-27-20-12-15(11-19(22)21(20)26)16-13-23-25(14-16)18-7-5-17(6-8-18)24-9-3-2-4-10-24;1-26-19-11-14(10-18(21)20(19)25)15-12-22-24(13-15)17-4-2-16(3-5-17)23-6-8-27-9-7-23;1-26-19-11-14(10-18(21)20(19)25)15-12-22-24(13-15)17-6-4-16(5-7-17)23-8-2-3-9-23;1-26-19-10-14(9-18(21)20(19)25)15-12-22-24(13-15)17-6-4-5-16(11-17)23-7-2-3-8-23;1-21-15-8-11(7-14(17)16(15)20)12-9-18-19(10-12)13-5-3-2-4-6-13/h5-8,11-14,26H,2-4,9-10H2,1H3;2-5,10-13,25H,6-9H2,1H3;4-7,10-13,25H,2-3,8-9H2,1H3;4-6,9-13,25H,2-3,7-8H2,1H3;2-10,20H,1H3. The first kappa shape index (κ1) is 87.0. The molecule has 0 aliphatic carbocycles. The number of rotatable bonds is 19. The molecule has 127 heavy (non-hydrogen) atoms. The van der Waals surface area contributed by atoms with E-state index in [1.165, 1.54) is 128 Å². The molecule has 4 aliphatic rings. The minimum absolute atomic E-state index is 0.0904. The predicted molar refractivity (Wildman–Crippen MR) is 478 cm³/mol. The molecular weight excluding hydrogens is 1630 g/mol. The van der Waals surface area contributed by atoms with Crippen LogP contribution in [-0.4, -0.2) is 176 Å². The van der Waals surface area contributed by atoms with E-state index in [-0.39, 0.29) is 28.7 Å². The van der Waals surface area contributed by atoms with Gasteiger partial charge in [-0.05, 0) is 237 Å². The van der Waals surface area contributed by atoms with E-state index >= 15 is 0 Å². The van der Waals surface area contributed by atoms with Gasteiger partial charge in [0.1, 0.15) is 0 Å². The number of aromatic nitrogens is 10. The Balaban J connectivity index is 0.000000123. The van der Waals surface area contributed by atoms with Crippen LogP contribution in [-0.2, 0) is 4.74 Å². The van der Waals surface area contributed by atoms with Crippen LogP contribution in [0.4, 0.5) is 44.7 Å². The van der Waals surface area contributed by atoms with Gasteiger partial charge in [0.15, 0.2) is 86.6 Å². The van der Waals surface area contributed by atoms with E-state index in [0.29, 0.717) is 27.8 Å². The second kappa shape index (κ2) is 40.1. The molecule has 0 amide bonds. The molecule has 15 aromatic rings. The number of benzene rings is 10. The molecule has 5 N–H and O–H groups in total. The van der Waals surface area contributed by atoms with Gasteiger partial charge in [0.2, 0.25) is 0 Å². The van der Waals surface area contributed by atoms with Crippen LogP contribution < -0.4 is 43.3 Å². The number of halogens is 5. The molecule has 5 aromatic heterocycles. The van der Waals surface area contributed by atoms with Crippen molar-refractivity contribution in [3.8, 4) is 142 Å². The summed E-state index contributed by atoms with van der Waals surface area (Å²) < 4.78 is 108. The van der Waals surface area contributed by atoms with Crippen LogP contribution >= 0.6 is 0 Å². The molecule has 0 saturated carbocycles. The number of piperidine rings is 1. The highest BCUT2D eigenvalue weighted by molar-refractivity contribution is 5.72. The van der Waals surface area contributed by atoms with Gasteiger partial charge in [-0.3, -0.25) is 0 Å². The van der Waals surface area contributed by atoms with Crippen molar-refractivity contribution in [2.45, 2.75) is 44.9 Å². The average Bonchev–Trinajstić information content (AvgIpc) is 1.71. The van der Waals surface area contributed by atoms with Gasteiger partial charge in [0, 0.05) is 134 Å². The number of ether oxygens (including phenoxy) is 6. The number of phenolic OH excluding ortho intramolecular Hbond substituents is 5. The summed E-state index contributed by atoms with van der Waals surface area (Å²) in [7, 11) is 6.95. The minimum Gasteiger partial charge on any atom is -0.502 e. The average molecular weight is 1730 g/mol. The Kier molecular flexibility index (Phi) is 27.5. The number of anilines is 4. The van der Waals surface area contributed by atoms with Gasteiger partial charge in [-0.2, -0.15) is 25.5 Å². The maximum Gasteiger partial charge on any atom is 0.194 e. The van der Waals surface area contributed by atoms with E-state index in [0.717, 1.165) is 128 Å². The van der Waals surface area contributed by atoms with Crippen LogP contribution in [0.5, 0.6) is 57.5 Å². The maximum absolute atomic E-state index is 13.9. The van der Waals surface area contributed by atoms with E-state index in [2.05, 4.69) is 93.6 Å². The lowest BCUT2D eigenvalue weighted by Gasteiger charge is -2.28. The van der Waals surface area contributed by atoms with Crippen LogP contribution in [0, 0.1) is 29.1 Å². The van der Waals surface area contributed by atoms with Crippen LogP contribution in [0.2, 0.25) is 0 Å². The van der Waals surface area contributed by atoms with Crippen molar-refractivity contribution in [3.63, 3.8) is 0 Å². The zero-order valence-electron chi connectivity index (χ0n) is 70.5. The predicted octanol–water partition coefficient (Wildman–Crippen LogP) is 19.0. The molecule has 30 heteroatoms. The number of methoxy groups -OCH3 is 5. The van der Waals surface area contributed by atoms with Crippen LogP contribution in [0.3, 0.4) is 0 Å². The van der Waals surface area contributed by atoms with Crippen molar-refractivity contribution in [2.24, 2.45) is 0 Å². The molecule has 0 bridgehead atoms. The Morgan fingerprint density at radius 3 is 0.756 bits per heavy atom. The van der Waals surface area contributed by atoms with Crippen molar-refractivity contribution in [1.29, 1.82) is 0 Å². The Morgan fingerprint density at radius 1 is 0.244 bits per heavy atom. The van der Waals surface area contributed by atoms with Gasteiger partial charge in [-0.25, -0.2) is 45.4 Å². The van der Waals surface area contributed by atoms with Gasteiger partial charge in [-0.1, -0.05) is 24.3 Å². The Hall–Kier alpha value is -14.9. The minimum atomic E-state index is -0.730. The van der Waals surface area contributed by atoms with Gasteiger partial charge in [0.25, 0.3) is 0 Å². The summed E-state index contributed by atoms with van der Waals surface area (Å²) in [5.74, 6) is -5.56. The van der Waals surface area contributed by atoms with Crippen molar-refractivity contribution in [3.05, 3.63) is 279 Å². The van der Waals surface area contributed by atoms with Crippen molar-refractivity contribution >= 4 is 22.7 Å². The van der Waals surface area contributed by atoms with Gasteiger partial charge >= 0.3 is 0 Å². The van der Waals surface area contributed by atoms with Gasteiger partial charge < -0.3 is 73.6 Å². The molecule has 4 aliphatic heterocycles. The zero-order chi connectivity index (χ0) is 88.6. The van der Waals surface area contributed by atoms with Gasteiger partial charge in [-0.15, -0.1) is 0 Å². The maximum atomic E-state index is 13.9. The van der Waals surface area contributed by atoms with Crippen LogP contribution in [0.1, 0.15) is 44.9 Å². The second-order valence-corrected chi connectivity index (χ2v) is 30.4. The van der Waals surface area contributed by atoms with Crippen LogP contribution in [0.15, 0.2) is 250 Å².